The van der Waals surface area contributed by atoms with Crippen LogP contribution in [0.5, 0.6) is 11.5 Å². The first kappa shape index (κ1) is 19.0. The first-order chi connectivity index (χ1) is 12.8. The fourth-order valence-corrected chi connectivity index (χ4v) is 2.95. The summed E-state index contributed by atoms with van der Waals surface area (Å²) in [6.45, 7) is 7.39. The fraction of sp³-hybridized carbons (Fsp3) is 0.444. The number of ether oxygens (including phenoxy) is 2. The maximum absolute atomic E-state index is 12.4. The highest BCUT2D eigenvalue weighted by molar-refractivity contribution is 8.00. The van der Waals surface area contributed by atoms with Gasteiger partial charge in [0.15, 0.2) is 11.5 Å². The molecule has 1 aromatic carbocycles. The van der Waals surface area contributed by atoms with Crippen LogP contribution in [0.3, 0.4) is 0 Å². The molecule has 2 heterocycles. The molecule has 0 unspecified atom stereocenters. The smallest absolute Gasteiger partial charge is 0.277 e. The van der Waals surface area contributed by atoms with Crippen molar-refractivity contribution < 1.29 is 18.7 Å². The van der Waals surface area contributed by atoms with Gasteiger partial charge in [-0.2, -0.15) is 5.26 Å². The average Bonchev–Trinajstić information content (AvgIpc) is 3.29. The number of nitriles is 1. The van der Waals surface area contributed by atoms with Crippen LogP contribution in [0.1, 0.15) is 27.7 Å². The van der Waals surface area contributed by atoms with Crippen molar-refractivity contribution in [1.29, 1.82) is 5.26 Å². The average molecular weight is 388 g/mol. The van der Waals surface area contributed by atoms with E-state index in [4.69, 9.17) is 13.9 Å². The molecule has 0 saturated carbocycles. The molecule has 9 heteroatoms. The van der Waals surface area contributed by atoms with Gasteiger partial charge < -0.3 is 19.2 Å². The largest absolute Gasteiger partial charge is 0.454 e. The molecule has 2 atom stereocenters. The van der Waals surface area contributed by atoms with E-state index in [-0.39, 0.29) is 23.8 Å². The fourth-order valence-electron chi connectivity index (χ4n) is 2.27. The van der Waals surface area contributed by atoms with Gasteiger partial charge in [-0.05, 0) is 38.0 Å². The standard InChI is InChI=1S/C18H20N4O4S/c1-10(2)18(4,8-19)20-15(23)11(3)27-17-22-21-16(26-17)12-5-6-13-14(7-12)25-9-24-13/h5-7,10-11H,9H2,1-4H3,(H,20,23)/t11-,18+/m0/s1. The van der Waals surface area contributed by atoms with Crippen LogP contribution in [-0.2, 0) is 4.79 Å². The highest BCUT2D eigenvalue weighted by Gasteiger charge is 2.32. The van der Waals surface area contributed by atoms with Gasteiger partial charge in [0.25, 0.3) is 5.22 Å². The Balaban J connectivity index is 1.67. The van der Waals surface area contributed by atoms with E-state index in [0.717, 1.165) is 11.8 Å². The highest BCUT2D eigenvalue weighted by atomic mass is 32.2. The van der Waals surface area contributed by atoms with Gasteiger partial charge in [-0.25, -0.2) is 0 Å². The van der Waals surface area contributed by atoms with E-state index in [1.165, 1.54) is 0 Å². The first-order valence-electron chi connectivity index (χ1n) is 8.46. The highest BCUT2D eigenvalue weighted by Crippen LogP contribution is 2.36. The van der Waals surface area contributed by atoms with Crippen molar-refractivity contribution in [3.8, 4) is 29.0 Å². The van der Waals surface area contributed by atoms with Crippen LogP contribution in [0.4, 0.5) is 0 Å². The van der Waals surface area contributed by atoms with Crippen LogP contribution >= 0.6 is 11.8 Å². The number of fused-ring (bicyclic) bond motifs is 1. The third-order valence-corrected chi connectivity index (χ3v) is 5.38. The molecule has 0 aliphatic carbocycles. The van der Waals surface area contributed by atoms with Crippen molar-refractivity contribution in [2.45, 2.75) is 43.7 Å². The molecule has 2 aromatic rings. The lowest BCUT2D eigenvalue weighted by Gasteiger charge is -2.28. The van der Waals surface area contributed by atoms with Gasteiger partial charge in [0.05, 0.1) is 11.3 Å². The molecule has 0 fully saturated rings. The lowest BCUT2D eigenvalue weighted by atomic mass is 9.90. The van der Waals surface area contributed by atoms with Gasteiger partial charge in [-0.1, -0.05) is 25.6 Å². The summed E-state index contributed by atoms with van der Waals surface area (Å²) in [6, 6.07) is 7.50. The van der Waals surface area contributed by atoms with Gasteiger partial charge in [0.1, 0.15) is 5.54 Å². The summed E-state index contributed by atoms with van der Waals surface area (Å²) in [7, 11) is 0. The summed E-state index contributed by atoms with van der Waals surface area (Å²) in [5.41, 5.74) is -0.231. The number of benzene rings is 1. The molecule has 142 valence electrons. The summed E-state index contributed by atoms with van der Waals surface area (Å²) in [5, 5.41) is 19.9. The van der Waals surface area contributed by atoms with E-state index in [1.54, 1.807) is 32.0 Å². The molecule has 0 saturated heterocycles. The molecule has 1 aliphatic rings. The quantitative estimate of drug-likeness (QED) is 0.752. The molecule has 8 nitrogen and oxygen atoms in total. The lowest BCUT2D eigenvalue weighted by molar-refractivity contribution is -0.121. The Morgan fingerprint density at radius 2 is 2.04 bits per heavy atom. The zero-order chi connectivity index (χ0) is 19.6. The SMILES string of the molecule is CC(C)[C@@](C)(C#N)NC(=O)[C@H](C)Sc1nnc(-c2ccc3c(c2)OCO3)o1. The summed E-state index contributed by atoms with van der Waals surface area (Å²) >= 11 is 1.14. The minimum absolute atomic E-state index is 0.0235. The monoisotopic (exact) mass is 388 g/mol. The number of nitrogens with one attached hydrogen (secondary N) is 1. The molecule has 27 heavy (non-hydrogen) atoms. The van der Waals surface area contributed by atoms with Crippen LogP contribution in [0.15, 0.2) is 27.8 Å². The third-order valence-electron chi connectivity index (χ3n) is 4.44. The Bertz CT molecular complexity index is 892. The minimum atomic E-state index is -0.932. The number of carbonyl (C=O) groups is 1. The third kappa shape index (κ3) is 4.01. The van der Waals surface area contributed by atoms with Gasteiger partial charge in [0, 0.05) is 5.56 Å². The number of rotatable bonds is 6. The number of hydrogen-bond donors (Lipinski definition) is 1. The molecule has 1 amide bonds. The Kier molecular flexibility index (Phi) is 5.28. The number of hydrogen-bond acceptors (Lipinski definition) is 8. The van der Waals surface area contributed by atoms with Gasteiger partial charge in [-0.15, -0.1) is 10.2 Å². The van der Waals surface area contributed by atoms with Crippen molar-refractivity contribution >= 4 is 17.7 Å². The normalized spacial score (nSPS) is 15.9. The van der Waals surface area contributed by atoms with Crippen LogP contribution in [0.2, 0.25) is 0 Å². The summed E-state index contributed by atoms with van der Waals surface area (Å²) in [5.74, 6) is 1.33. The molecular weight excluding hydrogens is 368 g/mol. The van der Waals surface area contributed by atoms with E-state index < -0.39 is 10.8 Å². The number of thioether (sulfide) groups is 1. The molecule has 1 aliphatic heterocycles. The second-order valence-electron chi connectivity index (χ2n) is 6.66. The van der Waals surface area contributed by atoms with Gasteiger partial charge in [-0.3, -0.25) is 4.79 Å². The zero-order valence-electron chi connectivity index (χ0n) is 15.5. The zero-order valence-corrected chi connectivity index (χ0v) is 16.3. The number of carbonyl (C=O) groups excluding carboxylic acids is 1. The number of amides is 1. The number of nitrogens with zero attached hydrogens (tertiary/aromatic N) is 3. The summed E-state index contributed by atoms with van der Waals surface area (Å²) in [6.07, 6.45) is 0. The second-order valence-corrected chi connectivity index (χ2v) is 7.95. The maximum atomic E-state index is 12.4. The Morgan fingerprint density at radius 3 is 2.74 bits per heavy atom. The van der Waals surface area contributed by atoms with E-state index in [1.807, 2.05) is 13.8 Å². The van der Waals surface area contributed by atoms with Crippen LogP contribution in [0.25, 0.3) is 11.5 Å². The van der Waals surface area contributed by atoms with E-state index in [0.29, 0.717) is 23.0 Å². The molecular formula is C18H20N4O4S. The second kappa shape index (κ2) is 7.48. The van der Waals surface area contributed by atoms with Crippen molar-refractivity contribution in [1.82, 2.24) is 15.5 Å². The van der Waals surface area contributed by atoms with E-state index >= 15 is 0 Å². The minimum Gasteiger partial charge on any atom is -0.454 e. The van der Waals surface area contributed by atoms with Crippen LogP contribution in [0, 0.1) is 17.2 Å². The lowest BCUT2D eigenvalue weighted by Crippen LogP contribution is -2.51. The Labute approximate surface area is 161 Å². The van der Waals surface area contributed by atoms with Gasteiger partial charge in [0.2, 0.25) is 18.6 Å². The predicted molar refractivity (Wildman–Crippen MR) is 98.2 cm³/mol. The van der Waals surface area contributed by atoms with Crippen molar-refractivity contribution in [3.63, 3.8) is 0 Å². The molecule has 1 N–H and O–H groups in total. The first-order valence-corrected chi connectivity index (χ1v) is 9.34. The van der Waals surface area contributed by atoms with Crippen LogP contribution < -0.4 is 14.8 Å². The topological polar surface area (TPSA) is 110 Å². The Hall–Kier alpha value is -2.73. The predicted octanol–water partition coefficient (Wildman–Crippen LogP) is 3.00. The molecule has 0 spiro atoms. The van der Waals surface area contributed by atoms with Gasteiger partial charge >= 0.3 is 0 Å². The molecule has 0 bridgehead atoms. The van der Waals surface area contributed by atoms with Crippen molar-refractivity contribution in [3.05, 3.63) is 18.2 Å². The van der Waals surface area contributed by atoms with Crippen molar-refractivity contribution in [2.75, 3.05) is 6.79 Å². The van der Waals surface area contributed by atoms with E-state index in [9.17, 15) is 10.1 Å². The summed E-state index contributed by atoms with van der Waals surface area (Å²) < 4.78 is 16.3. The van der Waals surface area contributed by atoms with E-state index in [2.05, 4.69) is 21.6 Å². The Morgan fingerprint density at radius 1 is 1.30 bits per heavy atom. The summed E-state index contributed by atoms with van der Waals surface area (Å²) in [4.78, 5) is 12.4. The molecule has 0 radical (unpaired) electrons. The number of aromatic nitrogens is 2. The molecule has 1 aromatic heterocycles. The maximum Gasteiger partial charge on any atom is 0.277 e. The van der Waals surface area contributed by atoms with Crippen molar-refractivity contribution in [2.24, 2.45) is 5.92 Å². The van der Waals surface area contributed by atoms with Crippen LogP contribution in [-0.4, -0.2) is 33.7 Å². The molecule has 3 rings (SSSR count).